The van der Waals surface area contributed by atoms with Crippen molar-refractivity contribution in [3.05, 3.63) is 55.0 Å². The van der Waals surface area contributed by atoms with Crippen LogP contribution in [-0.4, -0.2) is 59.4 Å². The Hall–Kier alpha value is -3.75. The third-order valence-electron chi connectivity index (χ3n) is 6.61. The van der Waals surface area contributed by atoms with Crippen molar-refractivity contribution >= 4 is 29.0 Å². The van der Waals surface area contributed by atoms with Crippen molar-refractivity contribution in [2.75, 3.05) is 46.2 Å². The zero-order chi connectivity index (χ0) is 22.4. The lowest BCUT2D eigenvalue weighted by Gasteiger charge is -2.35. The van der Waals surface area contributed by atoms with Gasteiger partial charge in [0.05, 0.1) is 23.6 Å². The molecule has 2 aromatic heterocycles. The van der Waals surface area contributed by atoms with E-state index in [4.69, 9.17) is 4.98 Å². The van der Waals surface area contributed by atoms with Crippen molar-refractivity contribution < 1.29 is 9.18 Å². The molecule has 8 nitrogen and oxygen atoms in total. The van der Waals surface area contributed by atoms with E-state index >= 15 is 0 Å². The maximum atomic E-state index is 13.7. The number of alkyl halides is 1. The monoisotopic (exact) mass is 445 g/mol. The number of rotatable bonds is 3. The van der Waals surface area contributed by atoms with E-state index in [1.165, 1.54) is 6.20 Å². The SMILES string of the molecule is O=C(Nc1cnccn1)N1c2nc(-c3cccc(N4CCC(F)C4)c3)ccc2N2CCC1C2. The standard InChI is InChI=1S/C24H24FN7O/c25-17-6-10-30(14-17)18-3-1-2-16(12-18)20-4-5-21-23(28-20)32(19-7-11-31(21)15-19)24(33)29-22-13-26-8-9-27-22/h1-5,8-9,12-13,17,19H,6-7,10-11,14-15H2,(H,27,29,33). The van der Waals surface area contributed by atoms with Crippen LogP contribution in [0.1, 0.15) is 12.8 Å². The number of hydrogen-bond donors (Lipinski definition) is 1. The zero-order valence-corrected chi connectivity index (χ0v) is 18.1. The molecule has 5 heterocycles. The molecule has 2 unspecified atom stereocenters. The highest BCUT2D eigenvalue weighted by Gasteiger charge is 2.40. The van der Waals surface area contributed by atoms with Gasteiger partial charge in [0, 0.05) is 49.8 Å². The molecule has 0 saturated carbocycles. The predicted octanol–water partition coefficient (Wildman–Crippen LogP) is 3.72. The molecule has 2 saturated heterocycles. The summed E-state index contributed by atoms with van der Waals surface area (Å²) >= 11 is 0. The molecule has 2 atom stereocenters. The number of amides is 2. The fourth-order valence-corrected chi connectivity index (χ4v) is 4.98. The van der Waals surface area contributed by atoms with Crippen molar-refractivity contribution in [2.24, 2.45) is 0 Å². The van der Waals surface area contributed by atoms with E-state index in [-0.39, 0.29) is 12.1 Å². The van der Waals surface area contributed by atoms with Crippen LogP contribution >= 0.6 is 0 Å². The van der Waals surface area contributed by atoms with E-state index in [2.05, 4.69) is 31.2 Å². The summed E-state index contributed by atoms with van der Waals surface area (Å²) < 4.78 is 13.7. The molecule has 6 rings (SSSR count). The second kappa shape index (κ2) is 7.99. The largest absolute Gasteiger partial charge is 0.368 e. The molecule has 3 aliphatic rings. The Kier molecular flexibility index (Phi) is 4.82. The summed E-state index contributed by atoms with van der Waals surface area (Å²) in [6.07, 6.45) is 5.31. The van der Waals surface area contributed by atoms with Crippen molar-refractivity contribution in [2.45, 2.75) is 25.1 Å². The molecule has 168 valence electrons. The highest BCUT2D eigenvalue weighted by atomic mass is 19.1. The van der Waals surface area contributed by atoms with Gasteiger partial charge in [-0.1, -0.05) is 12.1 Å². The smallest absolute Gasteiger partial charge is 0.329 e. The molecular formula is C24H24FN7O. The lowest BCUT2D eigenvalue weighted by atomic mass is 10.1. The Bertz CT molecular complexity index is 1190. The maximum absolute atomic E-state index is 13.7. The van der Waals surface area contributed by atoms with Crippen LogP contribution in [0.15, 0.2) is 55.0 Å². The van der Waals surface area contributed by atoms with Crippen molar-refractivity contribution in [1.29, 1.82) is 0 Å². The molecule has 3 aliphatic heterocycles. The number of aromatic nitrogens is 3. The highest BCUT2D eigenvalue weighted by Crippen LogP contribution is 2.40. The lowest BCUT2D eigenvalue weighted by molar-refractivity contribution is 0.254. The number of anilines is 4. The summed E-state index contributed by atoms with van der Waals surface area (Å²) in [6, 6.07) is 11.9. The van der Waals surface area contributed by atoms with Gasteiger partial charge in [-0.3, -0.25) is 15.2 Å². The third-order valence-corrected chi connectivity index (χ3v) is 6.61. The summed E-state index contributed by atoms with van der Waals surface area (Å²) in [5, 5.41) is 2.86. The number of nitrogens with zero attached hydrogens (tertiary/aromatic N) is 6. The van der Waals surface area contributed by atoms with Gasteiger partial charge < -0.3 is 9.80 Å². The van der Waals surface area contributed by atoms with Crippen LogP contribution in [0.2, 0.25) is 0 Å². The number of carbonyl (C=O) groups is 1. The van der Waals surface area contributed by atoms with Gasteiger partial charge in [-0.15, -0.1) is 0 Å². The molecule has 3 aromatic rings. The van der Waals surface area contributed by atoms with E-state index in [1.807, 2.05) is 30.3 Å². The summed E-state index contributed by atoms with van der Waals surface area (Å²) in [5.41, 5.74) is 3.68. The Morgan fingerprint density at radius 2 is 1.97 bits per heavy atom. The van der Waals surface area contributed by atoms with Gasteiger partial charge in [0.2, 0.25) is 0 Å². The average Bonchev–Trinajstić information content (AvgIpc) is 3.47. The minimum atomic E-state index is -0.776. The quantitative estimate of drug-likeness (QED) is 0.662. The second-order valence-electron chi connectivity index (χ2n) is 8.70. The number of nitrogens with one attached hydrogen (secondary N) is 1. The molecular weight excluding hydrogens is 421 g/mol. The van der Waals surface area contributed by atoms with Gasteiger partial charge in [-0.2, -0.15) is 0 Å². The van der Waals surface area contributed by atoms with Gasteiger partial charge in [0.1, 0.15) is 6.17 Å². The number of hydrogen-bond acceptors (Lipinski definition) is 6. The molecule has 2 fully saturated rings. The number of urea groups is 1. The fourth-order valence-electron chi connectivity index (χ4n) is 4.98. The Morgan fingerprint density at radius 1 is 1.06 bits per heavy atom. The third kappa shape index (κ3) is 3.63. The number of carbonyl (C=O) groups excluding carboxylic acids is 1. The van der Waals surface area contributed by atoms with Crippen LogP contribution in [0.5, 0.6) is 0 Å². The maximum Gasteiger partial charge on any atom is 0.329 e. The summed E-state index contributed by atoms with van der Waals surface area (Å²) in [5.74, 6) is 1.06. The van der Waals surface area contributed by atoms with Crippen molar-refractivity contribution in [3.8, 4) is 11.3 Å². The van der Waals surface area contributed by atoms with E-state index in [0.29, 0.717) is 24.6 Å². The minimum Gasteiger partial charge on any atom is -0.368 e. The van der Waals surface area contributed by atoms with E-state index in [1.54, 1.807) is 17.3 Å². The molecule has 0 spiro atoms. The topological polar surface area (TPSA) is 77.5 Å². The van der Waals surface area contributed by atoms with Crippen LogP contribution < -0.4 is 20.0 Å². The van der Waals surface area contributed by atoms with Crippen LogP contribution in [0.4, 0.5) is 32.2 Å². The molecule has 1 aromatic carbocycles. The van der Waals surface area contributed by atoms with Gasteiger partial charge in [0.15, 0.2) is 11.6 Å². The summed E-state index contributed by atoms with van der Waals surface area (Å²) in [6.45, 7) is 2.82. The first-order chi connectivity index (χ1) is 16.2. The predicted molar refractivity (Wildman–Crippen MR) is 126 cm³/mol. The first-order valence-corrected chi connectivity index (χ1v) is 11.3. The van der Waals surface area contributed by atoms with Crippen LogP contribution in [0.25, 0.3) is 11.3 Å². The number of halogens is 1. The van der Waals surface area contributed by atoms with Gasteiger partial charge in [-0.25, -0.2) is 19.2 Å². The van der Waals surface area contributed by atoms with Crippen LogP contribution in [0, 0.1) is 0 Å². The van der Waals surface area contributed by atoms with E-state index < -0.39 is 6.17 Å². The zero-order valence-electron chi connectivity index (χ0n) is 18.1. The number of fused-ring (bicyclic) bond motifs is 4. The number of benzene rings is 1. The van der Waals surface area contributed by atoms with Crippen LogP contribution in [-0.2, 0) is 0 Å². The molecule has 9 heteroatoms. The fraction of sp³-hybridized carbons (Fsp3) is 0.333. The van der Waals surface area contributed by atoms with E-state index in [9.17, 15) is 9.18 Å². The lowest BCUT2D eigenvalue weighted by Crippen LogP contribution is -2.48. The number of pyridine rings is 1. The molecule has 33 heavy (non-hydrogen) atoms. The Balaban J connectivity index is 1.34. The Morgan fingerprint density at radius 3 is 2.79 bits per heavy atom. The van der Waals surface area contributed by atoms with Crippen molar-refractivity contribution in [1.82, 2.24) is 15.0 Å². The highest BCUT2D eigenvalue weighted by molar-refractivity contribution is 6.04. The van der Waals surface area contributed by atoms with E-state index in [0.717, 1.165) is 48.7 Å². The average molecular weight is 446 g/mol. The second-order valence-corrected chi connectivity index (χ2v) is 8.70. The summed E-state index contributed by atoms with van der Waals surface area (Å²) in [7, 11) is 0. The van der Waals surface area contributed by atoms with Gasteiger partial charge >= 0.3 is 6.03 Å². The minimum absolute atomic E-state index is 0.0503. The molecule has 0 aliphatic carbocycles. The van der Waals surface area contributed by atoms with Gasteiger partial charge in [-0.05, 0) is 37.1 Å². The van der Waals surface area contributed by atoms with Crippen LogP contribution in [0.3, 0.4) is 0 Å². The summed E-state index contributed by atoms with van der Waals surface area (Å²) in [4.78, 5) is 32.5. The van der Waals surface area contributed by atoms with Gasteiger partial charge in [0.25, 0.3) is 0 Å². The molecule has 2 bridgehead atoms. The first-order valence-electron chi connectivity index (χ1n) is 11.3. The molecule has 1 N–H and O–H groups in total. The first kappa shape index (κ1) is 19.9. The normalized spacial score (nSPS) is 21.3. The Labute approximate surface area is 191 Å². The molecule has 0 radical (unpaired) electrons. The van der Waals surface area contributed by atoms with Crippen molar-refractivity contribution in [3.63, 3.8) is 0 Å². The molecule has 2 amide bonds.